The third-order valence-electron chi connectivity index (χ3n) is 3.59. The number of Topliss-reactive ketones (excluding diaryl/α,β-unsaturated/α-hetero) is 1. The molecule has 0 aromatic heterocycles. The van der Waals surface area contributed by atoms with Gasteiger partial charge in [-0.2, -0.15) is 0 Å². The second kappa shape index (κ2) is 7.65. The Hall–Kier alpha value is -3.41. The molecule has 0 saturated heterocycles. The maximum atomic E-state index is 13.9. The van der Waals surface area contributed by atoms with Crippen LogP contribution in [0.1, 0.15) is 12.5 Å². The first-order chi connectivity index (χ1) is 12.6. The lowest BCUT2D eigenvalue weighted by Gasteiger charge is -2.08. The van der Waals surface area contributed by atoms with E-state index in [2.05, 4.69) is 5.32 Å². The maximum absolute atomic E-state index is 13.9. The molecule has 6 heteroatoms. The Bertz CT molecular complexity index is 903. The summed E-state index contributed by atoms with van der Waals surface area (Å²) in [6.07, 6.45) is 1.26. The fraction of sp³-hybridized carbons (Fsp3) is 0.100. The van der Waals surface area contributed by atoms with Crippen LogP contribution in [0.25, 0.3) is 6.08 Å². The Labute approximate surface area is 149 Å². The van der Waals surface area contributed by atoms with Gasteiger partial charge in [0.15, 0.2) is 11.3 Å². The van der Waals surface area contributed by atoms with E-state index in [4.69, 9.17) is 9.47 Å². The monoisotopic (exact) mass is 353 g/mol. The number of ether oxygens (including phenoxy) is 2. The van der Waals surface area contributed by atoms with E-state index in [1.807, 2.05) is 6.07 Å². The highest BCUT2D eigenvalue weighted by Crippen LogP contribution is 2.29. The van der Waals surface area contributed by atoms with Crippen LogP contribution in [0.15, 0.2) is 71.8 Å². The average molecular weight is 353 g/mol. The molecular formula is C20H16FNO4. The van der Waals surface area contributed by atoms with Crippen molar-refractivity contribution in [1.29, 1.82) is 0 Å². The van der Waals surface area contributed by atoms with E-state index in [0.29, 0.717) is 5.69 Å². The quantitative estimate of drug-likeness (QED) is 0.505. The number of rotatable bonds is 5. The van der Waals surface area contributed by atoms with Crippen molar-refractivity contribution in [3.8, 4) is 0 Å². The fourth-order valence-electron chi connectivity index (χ4n) is 2.39. The number of hydrogen-bond acceptors (Lipinski definition) is 5. The summed E-state index contributed by atoms with van der Waals surface area (Å²) in [5.41, 5.74) is 0.558. The molecule has 1 N–H and O–H groups in total. The van der Waals surface area contributed by atoms with Crippen LogP contribution in [0, 0.1) is 5.82 Å². The number of allylic oxidation sites excluding steroid dienone is 1. The van der Waals surface area contributed by atoms with E-state index in [9.17, 15) is 14.0 Å². The Balaban J connectivity index is 1.96. The number of halogens is 1. The summed E-state index contributed by atoms with van der Waals surface area (Å²) in [7, 11) is 0. The zero-order valence-electron chi connectivity index (χ0n) is 14.0. The van der Waals surface area contributed by atoms with Gasteiger partial charge in [0, 0.05) is 11.3 Å². The number of nitrogens with one attached hydrogen (secondary N) is 1. The molecule has 2 aromatic rings. The lowest BCUT2D eigenvalue weighted by Crippen LogP contribution is -2.16. The summed E-state index contributed by atoms with van der Waals surface area (Å²) in [6.45, 7) is 1.75. The first kappa shape index (κ1) is 17.4. The van der Waals surface area contributed by atoms with E-state index >= 15 is 0 Å². The number of ketones is 1. The van der Waals surface area contributed by atoms with Gasteiger partial charge in [0.1, 0.15) is 5.82 Å². The first-order valence-electron chi connectivity index (χ1n) is 8.02. The zero-order valence-corrected chi connectivity index (χ0v) is 14.0. The van der Waals surface area contributed by atoms with Crippen molar-refractivity contribution in [2.75, 3.05) is 11.9 Å². The van der Waals surface area contributed by atoms with Crippen LogP contribution in [-0.4, -0.2) is 18.4 Å². The summed E-state index contributed by atoms with van der Waals surface area (Å²) in [4.78, 5) is 24.8. The molecule has 0 unspecified atom stereocenters. The molecule has 2 aromatic carbocycles. The van der Waals surface area contributed by atoms with Gasteiger partial charge < -0.3 is 14.8 Å². The Kier molecular flexibility index (Phi) is 5.12. The van der Waals surface area contributed by atoms with Crippen LogP contribution in [0.5, 0.6) is 0 Å². The second-order valence-electron chi connectivity index (χ2n) is 5.38. The van der Waals surface area contributed by atoms with Crippen LogP contribution < -0.4 is 5.32 Å². The largest absolute Gasteiger partial charge is 0.462 e. The van der Waals surface area contributed by atoms with E-state index in [0.717, 1.165) is 0 Å². The van der Waals surface area contributed by atoms with Gasteiger partial charge in [-0.05, 0) is 31.2 Å². The maximum Gasteiger partial charge on any atom is 0.347 e. The molecule has 0 fully saturated rings. The van der Waals surface area contributed by atoms with E-state index in [1.54, 1.807) is 43.3 Å². The molecule has 0 atom stereocenters. The SMILES string of the molecule is CCOC(=O)C1=C(Nc2ccccc2)O/C(=C\c2ccccc2F)C1=O. The minimum Gasteiger partial charge on any atom is -0.462 e. The summed E-state index contributed by atoms with van der Waals surface area (Å²) < 4.78 is 24.3. The third kappa shape index (κ3) is 3.64. The van der Waals surface area contributed by atoms with Crippen molar-refractivity contribution in [3.05, 3.63) is 83.2 Å². The zero-order chi connectivity index (χ0) is 18.5. The van der Waals surface area contributed by atoms with Gasteiger partial charge in [-0.25, -0.2) is 9.18 Å². The molecule has 0 bridgehead atoms. The minimum atomic E-state index is -0.798. The van der Waals surface area contributed by atoms with E-state index in [-0.39, 0.29) is 29.4 Å². The van der Waals surface area contributed by atoms with Crippen LogP contribution in [0.3, 0.4) is 0 Å². The number of anilines is 1. The number of benzene rings is 2. The normalized spacial score (nSPS) is 15.2. The van der Waals surface area contributed by atoms with Crippen LogP contribution in [0.4, 0.5) is 10.1 Å². The fourth-order valence-corrected chi connectivity index (χ4v) is 2.39. The van der Waals surface area contributed by atoms with Gasteiger partial charge in [-0.3, -0.25) is 4.79 Å². The van der Waals surface area contributed by atoms with Gasteiger partial charge in [0.25, 0.3) is 0 Å². The van der Waals surface area contributed by atoms with Crippen molar-refractivity contribution >= 4 is 23.5 Å². The number of esters is 1. The number of carbonyl (C=O) groups excluding carboxylic acids is 2. The third-order valence-corrected chi connectivity index (χ3v) is 3.59. The van der Waals surface area contributed by atoms with Crippen molar-refractivity contribution in [2.24, 2.45) is 0 Å². The highest BCUT2D eigenvalue weighted by Gasteiger charge is 2.37. The van der Waals surface area contributed by atoms with Gasteiger partial charge in [-0.1, -0.05) is 36.4 Å². The van der Waals surface area contributed by atoms with Crippen molar-refractivity contribution in [2.45, 2.75) is 6.92 Å². The molecule has 1 heterocycles. The minimum absolute atomic E-state index is 0.0396. The first-order valence-corrected chi connectivity index (χ1v) is 8.02. The smallest absolute Gasteiger partial charge is 0.347 e. The lowest BCUT2D eigenvalue weighted by molar-refractivity contribution is -0.139. The highest BCUT2D eigenvalue weighted by atomic mass is 19.1. The second-order valence-corrected chi connectivity index (χ2v) is 5.38. The predicted molar refractivity (Wildman–Crippen MR) is 94.2 cm³/mol. The van der Waals surface area contributed by atoms with E-state index < -0.39 is 17.6 Å². The summed E-state index contributed by atoms with van der Waals surface area (Å²) in [5, 5.41) is 2.89. The molecule has 0 aliphatic carbocycles. The Morgan fingerprint density at radius 1 is 1.15 bits per heavy atom. The van der Waals surface area contributed by atoms with Crippen molar-refractivity contribution < 1.29 is 23.5 Å². The van der Waals surface area contributed by atoms with Gasteiger partial charge in [0.2, 0.25) is 11.7 Å². The van der Waals surface area contributed by atoms with Crippen LogP contribution in [0.2, 0.25) is 0 Å². The standard InChI is InChI=1S/C20H16FNO4/c1-2-25-20(24)17-18(23)16(12-13-8-6-7-11-15(13)21)26-19(17)22-14-9-4-3-5-10-14/h3-12,22H,2H2,1H3/b16-12-. The summed E-state index contributed by atoms with van der Waals surface area (Å²) in [5.74, 6) is -2.16. The molecule has 5 nitrogen and oxygen atoms in total. The molecule has 132 valence electrons. The molecule has 26 heavy (non-hydrogen) atoms. The lowest BCUT2D eigenvalue weighted by atomic mass is 10.1. The van der Waals surface area contributed by atoms with Gasteiger partial charge >= 0.3 is 5.97 Å². The van der Waals surface area contributed by atoms with Crippen LogP contribution in [-0.2, 0) is 19.1 Å². The number of hydrogen-bond donors (Lipinski definition) is 1. The highest BCUT2D eigenvalue weighted by molar-refractivity contribution is 6.26. The molecule has 0 saturated carbocycles. The van der Waals surface area contributed by atoms with Crippen molar-refractivity contribution in [1.82, 2.24) is 0 Å². The van der Waals surface area contributed by atoms with Crippen molar-refractivity contribution in [3.63, 3.8) is 0 Å². The Morgan fingerprint density at radius 2 is 1.85 bits per heavy atom. The molecule has 3 rings (SSSR count). The molecule has 0 amide bonds. The van der Waals surface area contributed by atoms with Crippen LogP contribution >= 0.6 is 0 Å². The summed E-state index contributed by atoms with van der Waals surface area (Å²) in [6, 6.07) is 14.9. The topological polar surface area (TPSA) is 64.6 Å². The van der Waals surface area contributed by atoms with Gasteiger partial charge in [0.05, 0.1) is 6.61 Å². The molecule has 0 radical (unpaired) electrons. The van der Waals surface area contributed by atoms with E-state index in [1.165, 1.54) is 18.2 Å². The molecule has 0 spiro atoms. The summed E-state index contributed by atoms with van der Waals surface area (Å²) >= 11 is 0. The average Bonchev–Trinajstić information content (AvgIpc) is 2.93. The van der Waals surface area contributed by atoms with Gasteiger partial charge in [-0.15, -0.1) is 0 Å². The molecule has 1 aliphatic rings. The number of carbonyl (C=O) groups is 2. The predicted octanol–water partition coefficient (Wildman–Crippen LogP) is 3.65. The number of para-hydroxylation sites is 1. The Morgan fingerprint density at radius 3 is 2.54 bits per heavy atom. The molecular weight excluding hydrogens is 337 g/mol. The molecule has 1 aliphatic heterocycles.